The monoisotopic (exact) mass is 313 g/mol. The number of carbonyl (C=O) groups excluding carboxylic acids is 1. The van der Waals surface area contributed by atoms with Crippen LogP contribution in [-0.2, 0) is 4.79 Å². The zero-order valence-corrected chi connectivity index (χ0v) is 13.5. The number of aliphatic hydroxyl groups excluding tert-OH is 1. The van der Waals surface area contributed by atoms with Crippen LogP contribution in [0.15, 0.2) is 24.3 Å². The van der Waals surface area contributed by atoms with E-state index >= 15 is 0 Å². The van der Waals surface area contributed by atoms with Crippen molar-refractivity contribution >= 4 is 35.3 Å². The van der Waals surface area contributed by atoms with E-state index in [0.717, 1.165) is 11.1 Å². The van der Waals surface area contributed by atoms with Gasteiger partial charge in [0, 0.05) is 22.4 Å². The van der Waals surface area contributed by atoms with Crippen molar-refractivity contribution in [3.63, 3.8) is 0 Å². The SMILES string of the molecule is CSC(CO)C(C)NC(=O)/C=C/c1ccc(C)c(Cl)c1. The number of aliphatic hydroxyl groups is 1. The van der Waals surface area contributed by atoms with Crippen molar-refractivity contribution in [2.45, 2.75) is 25.1 Å². The maximum Gasteiger partial charge on any atom is 0.244 e. The van der Waals surface area contributed by atoms with Gasteiger partial charge in [0.05, 0.1) is 6.61 Å². The second-order valence-electron chi connectivity index (χ2n) is 4.60. The lowest BCUT2D eigenvalue weighted by molar-refractivity contribution is -0.117. The number of thioether (sulfide) groups is 1. The van der Waals surface area contributed by atoms with Crippen LogP contribution in [0, 0.1) is 6.92 Å². The topological polar surface area (TPSA) is 49.3 Å². The van der Waals surface area contributed by atoms with Crippen LogP contribution in [0.4, 0.5) is 0 Å². The van der Waals surface area contributed by atoms with Crippen LogP contribution in [0.2, 0.25) is 5.02 Å². The van der Waals surface area contributed by atoms with E-state index in [-0.39, 0.29) is 23.8 Å². The van der Waals surface area contributed by atoms with Gasteiger partial charge in [-0.25, -0.2) is 0 Å². The molecule has 3 nitrogen and oxygen atoms in total. The van der Waals surface area contributed by atoms with Crippen molar-refractivity contribution in [3.8, 4) is 0 Å². The molecule has 0 heterocycles. The molecule has 0 spiro atoms. The Bertz CT molecular complexity index is 487. The summed E-state index contributed by atoms with van der Waals surface area (Å²) < 4.78 is 0. The molecule has 0 aliphatic heterocycles. The predicted molar refractivity (Wildman–Crippen MR) is 87.2 cm³/mol. The summed E-state index contributed by atoms with van der Waals surface area (Å²) in [7, 11) is 0. The summed E-state index contributed by atoms with van der Waals surface area (Å²) in [5.74, 6) is -0.179. The van der Waals surface area contributed by atoms with Crippen molar-refractivity contribution in [2.24, 2.45) is 0 Å². The smallest absolute Gasteiger partial charge is 0.244 e. The lowest BCUT2D eigenvalue weighted by Crippen LogP contribution is -2.40. The Labute approximate surface area is 129 Å². The average Bonchev–Trinajstić information content (AvgIpc) is 2.41. The van der Waals surface area contributed by atoms with Crippen LogP contribution in [-0.4, -0.2) is 35.2 Å². The first kappa shape index (κ1) is 17.1. The fourth-order valence-corrected chi connectivity index (χ4v) is 2.50. The standard InChI is InChI=1S/C15H20ClNO2S/c1-10-4-5-12(8-13(10)16)6-7-15(19)17-11(2)14(9-18)20-3/h4-8,11,14,18H,9H2,1-3H3,(H,17,19)/b7-6+. The van der Waals surface area contributed by atoms with E-state index in [0.29, 0.717) is 5.02 Å². The second-order valence-corrected chi connectivity index (χ2v) is 6.08. The molecule has 2 atom stereocenters. The highest BCUT2D eigenvalue weighted by Crippen LogP contribution is 2.17. The molecule has 0 aliphatic carbocycles. The second kappa shape index (κ2) is 8.35. The maximum absolute atomic E-state index is 11.8. The van der Waals surface area contributed by atoms with E-state index in [9.17, 15) is 4.79 Å². The van der Waals surface area contributed by atoms with Crippen LogP contribution < -0.4 is 5.32 Å². The van der Waals surface area contributed by atoms with Gasteiger partial charge in [-0.15, -0.1) is 0 Å². The van der Waals surface area contributed by atoms with Gasteiger partial charge in [-0.3, -0.25) is 4.79 Å². The van der Waals surface area contributed by atoms with E-state index in [2.05, 4.69) is 5.32 Å². The number of hydrogen-bond acceptors (Lipinski definition) is 3. The minimum atomic E-state index is -0.179. The van der Waals surface area contributed by atoms with Gasteiger partial charge < -0.3 is 10.4 Å². The Morgan fingerprint density at radius 2 is 2.25 bits per heavy atom. The van der Waals surface area contributed by atoms with Crippen molar-refractivity contribution in [3.05, 3.63) is 40.4 Å². The highest BCUT2D eigenvalue weighted by atomic mass is 35.5. The number of hydrogen-bond donors (Lipinski definition) is 2. The number of rotatable bonds is 6. The van der Waals surface area contributed by atoms with Crippen molar-refractivity contribution in [2.75, 3.05) is 12.9 Å². The quantitative estimate of drug-likeness (QED) is 0.794. The minimum absolute atomic E-state index is 0.00108. The van der Waals surface area contributed by atoms with Gasteiger partial charge in [0.15, 0.2) is 0 Å². The highest BCUT2D eigenvalue weighted by Gasteiger charge is 2.15. The molecule has 0 bridgehead atoms. The summed E-state index contributed by atoms with van der Waals surface area (Å²) in [6, 6.07) is 5.56. The van der Waals surface area contributed by atoms with Crippen LogP contribution in [0.1, 0.15) is 18.1 Å². The van der Waals surface area contributed by atoms with E-state index in [1.165, 1.54) is 17.8 Å². The molecule has 5 heteroatoms. The molecule has 20 heavy (non-hydrogen) atoms. The normalized spacial score (nSPS) is 14.2. The first-order valence-electron chi connectivity index (χ1n) is 6.36. The summed E-state index contributed by atoms with van der Waals surface area (Å²) >= 11 is 7.56. The average molecular weight is 314 g/mol. The van der Waals surface area contributed by atoms with Crippen molar-refractivity contribution in [1.29, 1.82) is 0 Å². The van der Waals surface area contributed by atoms with Gasteiger partial charge in [-0.05, 0) is 43.4 Å². The number of carbonyl (C=O) groups is 1. The Morgan fingerprint density at radius 3 is 2.80 bits per heavy atom. The van der Waals surface area contributed by atoms with Crippen molar-refractivity contribution in [1.82, 2.24) is 5.32 Å². The van der Waals surface area contributed by atoms with Gasteiger partial charge in [0.25, 0.3) is 0 Å². The third-order valence-electron chi connectivity index (χ3n) is 3.03. The molecule has 0 saturated heterocycles. The number of halogens is 1. The molecule has 0 fully saturated rings. The molecule has 1 aromatic rings. The van der Waals surface area contributed by atoms with Gasteiger partial charge in [0.1, 0.15) is 0 Å². The number of benzene rings is 1. The minimum Gasteiger partial charge on any atom is -0.395 e. The molecule has 1 aromatic carbocycles. The predicted octanol–water partition coefficient (Wildman–Crippen LogP) is 2.89. The first-order chi connectivity index (χ1) is 9.47. The molecule has 1 amide bonds. The highest BCUT2D eigenvalue weighted by molar-refractivity contribution is 7.99. The fourth-order valence-electron chi connectivity index (χ4n) is 1.69. The number of amides is 1. The summed E-state index contributed by atoms with van der Waals surface area (Å²) in [4.78, 5) is 11.8. The lowest BCUT2D eigenvalue weighted by atomic mass is 10.1. The zero-order valence-electron chi connectivity index (χ0n) is 11.9. The lowest BCUT2D eigenvalue weighted by Gasteiger charge is -2.20. The number of nitrogens with one attached hydrogen (secondary N) is 1. The molecule has 110 valence electrons. The largest absolute Gasteiger partial charge is 0.395 e. The molecule has 2 N–H and O–H groups in total. The Morgan fingerprint density at radius 1 is 1.55 bits per heavy atom. The molecular formula is C15H20ClNO2S. The molecule has 0 aromatic heterocycles. The Hall–Kier alpha value is -0.970. The van der Waals surface area contributed by atoms with Gasteiger partial charge >= 0.3 is 0 Å². The van der Waals surface area contributed by atoms with Gasteiger partial charge in [0.2, 0.25) is 5.91 Å². The van der Waals surface area contributed by atoms with E-state index in [1.54, 1.807) is 6.08 Å². The van der Waals surface area contributed by atoms with Crippen LogP contribution >= 0.6 is 23.4 Å². The third-order valence-corrected chi connectivity index (χ3v) is 4.60. The summed E-state index contributed by atoms with van der Waals surface area (Å²) in [5, 5.41) is 12.7. The zero-order chi connectivity index (χ0) is 15.1. The van der Waals surface area contributed by atoms with E-state index in [1.807, 2.05) is 38.3 Å². The van der Waals surface area contributed by atoms with Gasteiger partial charge in [-0.2, -0.15) is 11.8 Å². The van der Waals surface area contributed by atoms with Crippen LogP contribution in [0.3, 0.4) is 0 Å². The molecule has 0 aliphatic rings. The Kier molecular flexibility index (Phi) is 7.13. The van der Waals surface area contributed by atoms with Crippen LogP contribution in [0.5, 0.6) is 0 Å². The van der Waals surface area contributed by atoms with Gasteiger partial charge in [-0.1, -0.05) is 23.7 Å². The molecule has 0 saturated carbocycles. The van der Waals surface area contributed by atoms with Crippen LogP contribution in [0.25, 0.3) is 6.08 Å². The van der Waals surface area contributed by atoms with Crippen molar-refractivity contribution < 1.29 is 9.90 Å². The summed E-state index contributed by atoms with van der Waals surface area (Å²) in [5.41, 5.74) is 1.89. The van der Waals surface area contributed by atoms with E-state index in [4.69, 9.17) is 16.7 Å². The molecule has 2 unspecified atom stereocenters. The van der Waals surface area contributed by atoms with E-state index < -0.39 is 0 Å². The fraction of sp³-hybridized carbons (Fsp3) is 0.400. The molecule has 1 rings (SSSR count). The summed E-state index contributed by atoms with van der Waals surface area (Å²) in [6.07, 6.45) is 5.11. The first-order valence-corrected chi connectivity index (χ1v) is 8.03. The summed E-state index contributed by atoms with van der Waals surface area (Å²) in [6.45, 7) is 3.85. The Balaban J connectivity index is 2.61. The molecule has 0 radical (unpaired) electrons. The molecular weight excluding hydrogens is 294 g/mol. The third kappa shape index (κ3) is 5.19. The maximum atomic E-state index is 11.8. The number of aryl methyl sites for hydroxylation is 1.